The minimum atomic E-state index is -4.40. The second kappa shape index (κ2) is 4.93. The van der Waals surface area contributed by atoms with Crippen LogP contribution in [-0.4, -0.2) is 17.8 Å². The van der Waals surface area contributed by atoms with Crippen molar-refractivity contribution in [2.75, 3.05) is 11.9 Å². The van der Waals surface area contributed by atoms with E-state index in [0.717, 1.165) is 12.1 Å². The molecule has 2 N–H and O–H groups in total. The molecule has 2 nitrogen and oxygen atoms in total. The molecule has 1 aromatic carbocycles. The molecule has 0 radical (unpaired) electrons. The van der Waals surface area contributed by atoms with Crippen molar-refractivity contribution in [2.24, 2.45) is 0 Å². The average molecular weight is 254 g/mol. The minimum absolute atomic E-state index is 0.140. The van der Waals surface area contributed by atoms with Crippen molar-refractivity contribution in [3.05, 3.63) is 28.8 Å². The van der Waals surface area contributed by atoms with E-state index in [1.54, 1.807) is 0 Å². The molecule has 0 aromatic heterocycles. The van der Waals surface area contributed by atoms with Crippen LogP contribution >= 0.6 is 11.6 Å². The standard InChI is InChI=1S/C10H11ClF3NO/c1-6(16)5-15-9-4-7(10(12,13)14)2-3-8(9)11/h2-4,6,15-16H,5H2,1H3. The molecule has 1 rings (SSSR count). The number of hydrogen-bond acceptors (Lipinski definition) is 2. The normalized spacial score (nSPS) is 13.6. The highest BCUT2D eigenvalue weighted by Gasteiger charge is 2.30. The molecule has 1 atom stereocenters. The zero-order valence-electron chi connectivity index (χ0n) is 8.48. The Kier molecular flexibility index (Phi) is 4.04. The van der Waals surface area contributed by atoms with Gasteiger partial charge in [-0.2, -0.15) is 13.2 Å². The Balaban J connectivity index is 2.91. The fourth-order valence-corrected chi connectivity index (χ4v) is 1.28. The Hall–Kier alpha value is -0.940. The van der Waals surface area contributed by atoms with Crippen molar-refractivity contribution in [1.29, 1.82) is 0 Å². The maximum absolute atomic E-state index is 12.4. The van der Waals surface area contributed by atoms with Gasteiger partial charge in [0, 0.05) is 6.54 Å². The van der Waals surface area contributed by atoms with Crippen molar-refractivity contribution >= 4 is 17.3 Å². The molecule has 1 unspecified atom stereocenters. The molecule has 0 aliphatic heterocycles. The zero-order valence-corrected chi connectivity index (χ0v) is 9.23. The van der Waals surface area contributed by atoms with Crippen molar-refractivity contribution in [2.45, 2.75) is 19.2 Å². The van der Waals surface area contributed by atoms with Gasteiger partial charge in [0.2, 0.25) is 0 Å². The van der Waals surface area contributed by atoms with Crippen LogP contribution in [0.3, 0.4) is 0 Å². The molecule has 0 bridgehead atoms. The highest BCUT2D eigenvalue weighted by atomic mass is 35.5. The lowest BCUT2D eigenvalue weighted by atomic mass is 10.2. The van der Waals surface area contributed by atoms with Crippen LogP contribution in [-0.2, 0) is 6.18 Å². The third kappa shape index (κ3) is 3.57. The first-order chi connectivity index (χ1) is 7.30. The van der Waals surface area contributed by atoms with Crippen molar-refractivity contribution < 1.29 is 18.3 Å². The summed E-state index contributed by atoms with van der Waals surface area (Å²) in [6.45, 7) is 1.66. The van der Waals surface area contributed by atoms with Crippen molar-refractivity contribution in [1.82, 2.24) is 0 Å². The number of aliphatic hydroxyl groups excluding tert-OH is 1. The fourth-order valence-electron chi connectivity index (χ4n) is 1.09. The average Bonchev–Trinajstić information content (AvgIpc) is 2.14. The molecule has 0 saturated heterocycles. The van der Waals surface area contributed by atoms with E-state index in [1.165, 1.54) is 13.0 Å². The van der Waals surface area contributed by atoms with E-state index in [4.69, 9.17) is 16.7 Å². The van der Waals surface area contributed by atoms with Crippen LogP contribution in [0.15, 0.2) is 18.2 Å². The van der Waals surface area contributed by atoms with Crippen LogP contribution in [0.2, 0.25) is 5.02 Å². The van der Waals surface area contributed by atoms with Gasteiger partial charge in [-0.25, -0.2) is 0 Å². The number of nitrogens with one attached hydrogen (secondary N) is 1. The molecule has 0 spiro atoms. The summed E-state index contributed by atoms with van der Waals surface area (Å²) in [5.41, 5.74) is -0.609. The van der Waals surface area contributed by atoms with E-state index in [-0.39, 0.29) is 17.3 Å². The largest absolute Gasteiger partial charge is 0.416 e. The molecule has 0 aliphatic rings. The Bertz CT molecular complexity index is 366. The molecule has 1 aromatic rings. The monoisotopic (exact) mass is 253 g/mol. The smallest absolute Gasteiger partial charge is 0.392 e. The van der Waals surface area contributed by atoms with Gasteiger partial charge in [-0.15, -0.1) is 0 Å². The van der Waals surface area contributed by atoms with Crippen molar-refractivity contribution in [3.63, 3.8) is 0 Å². The predicted molar refractivity (Wildman–Crippen MR) is 56.6 cm³/mol. The summed E-state index contributed by atoms with van der Waals surface area (Å²) in [6, 6.07) is 3.01. The molecule has 0 fully saturated rings. The molecular weight excluding hydrogens is 243 g/mol. The van der Waals surface area contributed by atoms with Gasteiger partial charge in [-0.05, 0) is 25.1 Å². The summed E-state index contributed by atoms with van der Waals surface area (Å²) in [7, 11) is 0. The van der Waals surface area contributed by atoms with Gasteiger partial charge in [-0.3, -0.25) is 0 Å². The lowest BCUT2D eigenvalue weighted by molar-refractivity contribution is -0.137. The van der Waals surface area contributed by atoms with Crippen LogP contribution in [0, 0.1) is 0 Å². The summed E-state index contributed by atoms with van der Waals surface area (Å²) >= 11 is 5.72. The van der Waals surface area contributed by atoms with Gasteiger partial charge < -0.3 is 10.4 Å². The second-order valence-electron chi connectivity index (χ2n) is 3.42. The Morgan fingerprint density at radius 3 is 2.56 bits per heavy atom. The lowest BCUT2D eigenvalue weighted by Gasteiger charge is -2.13. The van der Waals surface area contributed by atoms with Gasteiger partial charge >= 0.3 is 6.18 Å². The Morgan fingerprint density at radius 2 is 2.06 bits per heavy atom. The van der Waals surface area contributed by atoms with Gasteiger partial charge in [0.25, 0.3) is 0 Å². The van der Waals surface area contributed by atoms with Gasteiger partial charge in [0.1, 0.15) is 0 Å². The van der Waals surface area contributed by atoms with E-state index in [1.807, 2.05) is 0 Å². The molecule has 0 amide bonds. The fraction of sp³-hybridized carbons (Fsp3) is 0.400. The van der Waals surface area contributed by atoms with Crippen LogP contribution in [0.4, 0.5) is 18.9 Å². The summed E-state index contributed by atoms with van der Waals surface area (Å²) in [6.07, 6.45) is -5.06. The summed E-state index contributed by atoms with van der Waals surface area (Å²) < 4.78 is 37.1. The number of benzene rings is 1. The molecular formula is C10H11ClF3NO. The van der Waals surface area contributed by atoms with E-state index in [0.29, 0.717) is 0 Å². The first-order valence-corrected chi connectivity index (χ1v) is 4.97. The Labute approximate surface area is 96.0 Å². The SMILES string of the molecule is CC(O)CNc1cc(C(F)(F)F)ccc1Cl. The first kappa shape index (κ1) is 13.1. The van der Waals surface area contributed by atoms with Crippen LogP contribution < -0.4 is 5.32 Å². The Morgan fingerprint density at radius 1 is 1.44 bits per heavy atom. The predicted octanol–water partition coefficient (Wildman–Crippen LogP) is 3.15. The zero-order chi connectivity index (χ0) is 12.3. The maximum Gasteiger partial charge on any atom is 0.416 e. The highest BCUT2D eigenvalue weighted by molar-refractivity contribution is 6.33. The highest BCUT2D eigenvalue weighted by Crippen LogP contribution is 2.33. The van der Waals surface area contributed by atoms with Crippen LogP contribution in [0.25, 0.3) is 0 Å². The number of hydrogen-bond donors (Lipinski definition) is 2. The topological polar surface area (TPSA) is 32.3 Å². The van der Waals surface area contributed by atoms with Gasteiger partial charge in [0.15, 0.2) is 0 Å². The second-order valence-corrected chi connectivity index (χ2v) is 3.83. The third-order valence-electron chi connectivity index (χ3n) is 1.88. The minimum Gasteiger partial charge on any atom is -0.392 e. The number of alkyl halides is 3. The lowest BCUT2D eigenvalue weighted by Crippen LogP contribution is -2.16. The van der Waals surface area contributed by atoms with Crippen LogP contribution in [0.1, 0.15) is 12.5 Å². The molecule has 16 heavy (non-hydrogen) atoms. The van der Waals surface area contributed by atoms with E-state index in [2.05, 4.69) is 5.32 Å². The maximum atomic E-state index is 12.4. The summed E-state index contributed by atoms with van der Waals surface area (Å²) in [5.74, 6) is 0. The van der Waals surface area contributed by atoms with E-state index < -0.39 is 17.8 Å². The third-order valence-corrected chi connectivity index (χ3v) is 2.21. The molecule has 90 valence electrons. The first-order valence-electron chi connectivity index (χ1n) is 4.59. The van der Waals surface area contributed by atoms with Crippen molar-refractivity contribution in [3.8, 4) is 0 Å². The van der Waals surface area contributed by atoms with E-state index >= 15 is 0 Å². The van der Waals surface area contributed by atoms with Gasteiger partial charge in [-0.1, -0.05) is 11.6 Å². The molecule has 0 heterocycles. The van der Waals surface area contributed by atoms with E-state index in [9.17, 15) is 13.2 Å². The molecule has 0 aliphatic carbocycles. The van der Waals surface area contributed by atoms with Gasteiger partial charge in [0.05, 0.1) is 22.4 Å². The molecule has 6 heteroatoms. The quantitative estimate of drug-likeness (QED) is 0.867. The summed E-state index contributed by atoms with van der Waals surface area (Å²) in [4.78, 5) is 0. The number of aliphatic hydroxyl groups is 1. The summed E-state index contributed by atoms with van der Waals surface area (Å²) in [5, 5.41) is 11.8. The number of halogens is 4. The number of anilines is 1. The molecule has 0 saturated carbocycles. The number of rotatable bonds is 3. The van der Waals surface area contributed by atoms with Crippen LogP contribution in [0.5, 0.6) is 0 Å².